The van der Waals surface area contributed by atoms with E-state index in [2.05, 4.69) is 13.5 Å². The lowest BCUT2D eigenvalue weighted by atomic mass is 9.77. The van der Waals surface area contributed by atoms with Crippen molar-refractivity contribution in [3.63, 3.8) is 0 Å². The monoisotopic (exact) mass is 645 g/mol. The van der Waals surface area contributed by atoms with Gasteiger partial charge in [0.25, 0.3) is 0 Å². The van der Waals surface area contributed by atoms with Crippen LogP contribution in [0.3, 0.4) is 0 Å². The molecule has 0 amide bonds. The molecular formula is C40H68O6. The van der Waals surface area contributed by atoms with Gasteiger partial charge in [-0.15, -0.1) is 0 Å². The summed E-state index contributed by atoms with van der Waals surface area (Å²) in [6, 6.07) is 0. The number of unbranched alkanes of at least 4 members (excludes halogenated alkanes) is 14. The minimum atomic E-state index is -1.00. The molecule has 6 nitrogen and oxygen atoms in total. The Labute approximate surface area is 281 Å². The van der Waals surface area contributed by atoms with Crippen LogP contribution in [0.15, 0.2) is 48.1 Å². The average molecular weight is 645 g/mol. The molecule has 0 aliphatic heterocycles. The van der Waals surface area contributed by atoms with E-state index in [9.17, 15) is 19.8 Å². The van der Waals surface area contributed by atoms with Crippen LogP contribution in [0.5, 0.6) is 0 Å². The zero-order valence-corrected chi connectivity index (χ0v) is 30.1. The van der Waals surface area contributed by atoms with Crippen molar-refractivity contribution in [2.45, 2.75) is 168 Å². The van der Waals surface area contributed by atoms with Gasteiger partial charge >= 0.3 is 11.9 Å². The summed E-state index contributed by atoms with van der Waals surface area (Å²) in [6.07, 6.45) is 30.2. The lowest BCUT2D eigenvalue weighted by Gasteiger charge is -2.31. The van der Waals surface area contributed by atoms with Crippen LogP contribution >= 0.6 is 0 Å². The first-order valence-corrected chi connectivity index (χ1v) is 18.3. The lowest BCUT2D eigenvalue weighted by molar-refractivity contribution is -0.143. The second-order valence-electron chi connectivity index (χ2n) is 14.3. The fourth-order valence-corrected chi connectivity index (χ4v) is 6.08. The number of rotatable bonds is 23. The molecule has 0 aromatic carbocycles. The highest BCUT2D eigenvalue weighted by Crippen LogP contribution is 2.36. The first-order chi connectivity index (χ1) is 21.8. The van der Waals surface area contributed by atoms with Gasteiger partial charge in [-0.1, -0.05) is 139 Å². The highest BCUT2D eigenvalue weighted by Gasteiger charge is 2.32. The van der Waals surface area contributed by atoms with Crippen molar-refractivity contribution in [3.05, 3.63) is 48.1 Å². The maximum absolute atomic E-state index is 12.8. The molecular weight excluding hydrogens is 576 g/mol. The smallest absolute Gasteiger partial charge is 0.306 e. The number of hydrogen-bond acceptors (Lipinski definition) is 6. The van der Waals surface area contributed by atoms with Gasteiger partial charge in [0.2, 0.25) is 0 Å². The predicted molar refractivity (Wildman–Crippen MR) is 190 cm³/mol. The maximum atomic E-state index is 12.8. The Kier molecular flexibility index (Phi) is 21.9. The summed E-state index contributed by atoms with van der Waals surface area (Å²) in [4.78, 5) is 24.5. The zero-order chi connectivity index (χ0) is 34.3. The number of allylic oxidation sites excluding steroid dienone is 3. The summed E-state index contributed by atoms with van der Waals surface area (Å²) in [5.41, 5.74) is -0.255. The van der Waals surface area contributed by atoms with Gasteiger partial charge in [0, 0.05) is 19.3 Å². The second kappa shape index (κ2) is 24.0. The van der Waals surface area contributed by atoms with E-state index in [0.29, 0.717) is 25.7 Å². The number of hydrogen-bond donors (Lipinski definition) is 2. The third kappa shape index (κ3) is 21.6. The van der Waals surface area contributed by atoms with E-state index < -0.39 is 11.2 Å². The second-order valence-corrected chi connectivity index (χ2v) is 14.3. The van der Waals surface area contributed by atoms with Gasteiger partial charge in [-0.25, -0.2) is 0 Å². The molecule has 0 spiro atoms. The standard InChI is InChI=1S/C40H68O6/c1-7-8-9-10-11-12-13-14-15-16-17-18-19-20-21-26-38(42)46-31-35(25-23-28-39(4,5)43)36-27-30-40(6,44)29-22-24-33(2)37(36)32-45-34(3)41/h22-23,25,28-29,36-37,43-44H,2,7-21,24,26-27,30-32H2,1,3-6H3. The van der Waals surface area contributed by atoms with E-state index >= 15 is 0 Å². The highest BCUT2D eigenvalue weighted by atomic mass is 16.5. The Hall–Kier alpha value is -2.18. The topological polar surface area (TPSA) is 93.1 Å². The summed E-state index contributed by atoms with van der Waals surface area (Å²) >= 11 is 0. The molecule has 2 N–H and O–H groups in total. The third-order valence-corrected chi connectivity index (χ3v) is 8.97. The zero-order valence-electron chi connectivity index (χ0n) is 30.1. The SMILES string of the molecule is C=C1CC=CC(C)(O)CCC(C(=CC=CC(C)(C)O)COC(=O)CCCCCCCCCCCCCCCCC)C1COC(C)=O. The Morgan fingerprint density at radius 3 is 2.02 bits per heavy atom. The van der Waals surface area contributed by atoms with Crippen molar-refractivity contribution in [2.24, 2.45) is 11.8 Å². The lowest BCUT2D eigenvalue weighted by Crippen LogP contribution is -2.29. The summed E-state index contributed by atoms with van der Waals surface area (Å²) in [5.74, 6) is -0.975. The van der Waals surface area contributed by atoms with Gasteiger partial charge in [0.15, 0.2) is 0 Å². The van der Waals surface area contributed by atoms with Crippen molar-refractivity contribution in [3.8, 4) is 0 Å². The molecule has 1 rings (SSSR count). The van der Waals surface area contributed by atoms with Crippen LogP contribution in [-0.4, -0.2) is 46.6 Å². The van der Waals surface area contributed by atoms with Crippen LogP contribution in [0.1, 0.15) is 157 Å². The van der Waals surface area contributed by atoms with Gasteiger partial charge in [-0.2, -0.15) is 0 Å². The molecule has 0 saturated heterocycles. The summed E-state index contributed by atoms with van der Waals surface area (Å²) in [7, 11) is 0. The normalized spacial score (nSPS) is 21.2. The predicted octanol–water partition coefficient (Wildman–Crippen LogP) is 9.89. The fourth-order valence-electron chi connectivity index (χ4n) is 6.08. The van der Waals surface area contributed by atoms with Gasteiger partial charge in [0.05, 0.1) is 17.8 Å². The summed E-state index contributed by atoms with van der Waals surface area (Å²) < 4.78 is 11.3. The number of esters is 2. The largest absolute Gasteiger partial charge is 0.465 e. The molecule has 264 valence electrons. The number of carbonyl (C=O) groups is 2. The maximum Gasteiger partial charge on any atom is 0.306 e. The van der Waals surface area contributed by atoms with E-state index in [1.54, 1.807) is 39.0 Å². The molecule has 0 aromatic rings. The number of ether oxygens (including phenoxy) is 2. The minimum absolute atomic E-state index is 0.0951. The molecule has 0 aromatic heterocycles. The highest BCUT2D eigenvalue weighted by molar-refractivity contribution is 5.69. The fraction of sp³-hybridized carbons (Fsp3) is 0.750. The first kappa shape index (κ1) is 41.8. The average Bonchev–Trinajstić information content (AvgIpc) is 3.02. The van der Waals surface area contributed by atoms with Crippen molar-refractivity contribution < 1.29 is 29.3 Å². The molecule has 46 heavy (non-hydrogen) atoms. The van der Waals surface area contributed by atoms with Crippen LogP contribution in [0.25, 0.3) is 0 Å². The Morgan fingerprint density at radius 2 is 1.50 bits per heavy atom. The Morgan fingerprint density at radius 1 is 0.957 bits per heavy atom. The summed E-state index contributed by atoms with van der Waals surface area (Å²) in [6.45, 7) is 13.4. The summed E-state index contributed by atoms with van der Waals surface area (Å²) in [5, 5.41) is 21.1. The molecule has 0 bridgehead atoms. The molecule has 1 aliphatic carbocycles. The van der Waals surface area contributed by atoms with E-state index in [1.165, 1.54) is 84.0 Å². The molecule has 0 saturated carbocycles. The van der Waals surface area contributed by atoms with Gasteiger partial charge < -0.3 is 19.7 Å². The Bertz CT molecular complexity index is 951. The van der Waals surface area contributed by atoms with E-state index in [0.717, 1.165) is 30.4 Å². The van der Waals surface area contributed by atoms with Crippen LogP contribution in [0, 0.1) is 11.8 Å². The van der Waals surface area contributed by atoms with E-state index in [-0.39, 0.29) is 37.0 Å². The van der Waals surface area contributed by atoms with Crippen molar-refractivity contribution >= 4 is 11.9 Å². The van der Waals surface area contributed by atoms with Crippen LogP contribution in [0.2, 0.25) is 0 Å². The molecule has 1 aliphatic rings. The van der Waals surface area contributed by atoms with Crippen LogP contribution in [0.4, 0.5) is 0 Å². The van der Waals surface area contributed by atoms with E-state index in [4.69, 9.17) is 9.47 Å². The molecule has 0 fully saturated rings. The number of carbonyl (C=O) groups excluding carboxylic acids is 2. The minimum Gasteiger partial charge on any atom is -0.465 e. The first-order valence-electron chi connectivity index (χ1n) is 18.3. The van der Waals surface area contributed by atoms with Gasteiger partial charge in [-0.3, -0.25) is 9.59 Å². The molecule has 3 unspecified atom stereocenters. The molecule has 6 heteroatoms. The third-order valence-electron chi connectivity index (χ3n) is 8.97. The molecule has 0 heterocycles. The Balaban J connectivity index is 2.63. The van der Waals surface area contributed by atoms with Crippen molar-refractivity contribution in [1.29, 1.82) is 0 Å². The molecule has 3 atom stereocenters. The molecule has 0 radical (unpaired) electrons. The quantitative estimate of drug-likeness (QED) is 0.0498. The number of aliphatic hydroxyl groups is 2. The van der Waals surface area contributed by atoms with Gasteiger partial charge in [0.1, 0.15) is 6.61 Å². The van der Waals surface area contributed by atoms with E-state index in [1.807, 2.05) is 12.2 Å². The van der Waals surface area contributed by atoms with Crippen molar-refractivity contribution in [2.75, 3.05) is 13.2 Å². The van der Waals surface area contributed by atoms with Crippen LogP contribution in [-0.2, 0) is 19.1 Å². The van der Waals surface area contributed by atoms with Gasteiger partial charge in [-0.05, 0) is 57.9 Å². The van der Waals surface area contributed by atoms with Crippen molar-refractivity contribution in [1.82, 2.24) is 0 Å². The van der Waals surface area contributed by atoms with Crippen LogP contribution < -0.4 is 0 Å².